The van der Waals surface area contributed by atoms with Crippen molar-refractivity contribution < 1.29 is 22.7 Å². The predicted molar refractivity (Wildman–Crippen MR) is 92.9 cm³/mol. The topological polar surface area (TPSA) is 111 Å². The number of fused-ring (bicyclic) bond motifs is 2. The number of aromatic nitrogens is 2. The molecule has 2 aromatic rings. The lowest BCUT2D eigenvalue weighted by molar-refractivity contribution is -0.114. The standard InChI is InChI=1S/C15H16N4O5S2/c1-9(20)16-14-17-18-15(25-14)26(21,22)19-3-2-10-6-12-13(7-11(10)8-19)24-5-4-23-12/h6-7H,2-5,8H2,1H3,(H,16,17,20). The summed E-state index contributed by atoms with van der Waals surface area (Å²) in [6.45, 7) is 2.88. The molecule has 0 bridgehead atoms. The Kier molecular flexibility index (Phi) is 4.29. The second kappa shape index (κ2) is 6.49. The number of amides is 1. The summed E-state index contributed by atoms with van der Waals surface area (Å²) in [5.41, 5.74) is 1.94. The molecule has 0 atom stereocenters. The molecule has 4 rings (SSSR count). The number of hydrogen-bond acceptors (Lipinski definition) is 8. The molecule has 1 amide bonds. The summed E-state index contributed by atoms with van der Waals surface area (Å²) in [6.07, 6.45) is 0.572. The van der Waals surface area contributed by atoms with Gasteiger partial charge in [0.15, 0.2) is 11.5 Å². The van der Waals surface area contributed by atoms with E-state index in [-0.39, 0.29) is 21.9 Å². The van der Waals surface area contributed by atoms with Crippen molar-refractivity contribution in [3.8, 4) is 11.5 Å². The molecular weight excluding hydrogens is 380 g/mol. The summed E-state index contributed by atoms with van der Waals surface area (Å²) in [6, 6.07) is 3.77. The molecule has 2 aliphatic rings. The van der Waals surface area contributed by atoms with Crippen molar-refractivity contribution in [2.45, 2.75) is 24.2 Å². The van der Waals surface area contributed by atoms with Gasteiger partial charge in [0, 0.05) is 20.0 Å². The highest BCUT2D eigenvalue weighted by atomic mass is 32.2. The van der Waals surface area contributed by atoms with Gasteiger partial charge in [0.25, 0.3) is 10.0 Å². The molecule has 0 fully saturated rings. The summed E-state index contributed by atoms with van der Waals surface area (Å²) >= 11 is 0.837. The number of carbonyl (C=O) groups excluding carboxylic acids is 1. The Labute approximate surface area is 154 Å². The van der Waals surface area contributed by atoms with Crippen molar-refractivity contribution in [2.75, 3.05) is 25.1 Å². The number of hydrogen-bond donors (Lipinski definition) is 1. The molecule has 0 radical (unpaired) electrons. The van der Waals surface area contributed by atoms with Crippen LogP contribution >= 0.6 is 11.3 Å². The molecule has 11 heteroatoms. The van der Waals surface area contributed by atoms with Gasteiger partial charge in [-0.3, -0.25) is 4.79 Å². The SMILES string of the molecule is CC(=O)Nc1nnc(S(=O)(=O)N2CCc3cc4c(cc3C2)OCCO4)s1. The van der Waals surface area contributed by atoms with Crippen LogP contribution in [0.25, 0.3) is 0 Å². The van der Waals surface area contributed by atoms with Crippen LogP contribution in [0.2, 0.25) is 0 Å². The van der Waals surface area contributed by atoms with Crippen molar-refractivity contribution >= 4 is 32.4 Å². The fourth-order valence-corrected chi connectivity index (χ4v) is 5.40. The molecule has 0 unspecified atom stereocenters. The Hall–Kier alpha value is -2.24. The average Bonchev–Trinajstić information content (AvgIpc) is 3.08. The van der Waals surface area contributed by atoms with Gasteiger partial charge < -0.3 is 14.8 Å². The summed E-state index contributed by atoms with van der Waals surface area (Å²) < 4.78 is 38.1. The molecule has 2 aliphatic heterocycles. The van der Waals surface area contributed by atoms with Crippen LogP contribution in [0.4, 0.5) is 5.13 Å². The van der Waals surface area contributed by atoms with Crippen molar-refractivity contribution in [1.82, 2.24) is 14.5 Å². The second-order valence-corrected chi connectivity index (χ2v) is 9.00. The van der Waals surface area contributed by atoms with Crippen molar-refractivity contribution in [3.05, 3.63) is 23.3 Å². The van der Waals surface area contributed by atoms with E-state index in [1.807, 2.05) is 12.1 Å². The zero-order valence-corrected chi connectivity index (χ0v) is 15.5. The van der Waals surface area contributed by atoms with Crippen LogP contribution in [0.5, 0.6) is 11.5 Å². The van der Waals surface area contributed by atoms with Crippen LogP contribution in [-0.2, 0) is 27.8 Å². The van der Waals surface area contributed by atoms with Crippen molar-refractivity contribution in [3.63, 3.8) is 0 Å². The molecule has 26 heavy (non-hydrogen) atoms. The van der Waals surface area contributed by atoms with Crippen molar-refractivity contribution in [2.24, 2.45) is 0 Å². The van der Waals surface area contributed by atoms with Crippen LogP contribution in [-0.4, -0.2) is 48.6 Å². The van der Waals surface area contributed by atoms with Crippen LogP contribution in [0.15, 0.2) is 16.5 Å². The Morgan fingerprint density at radius 3 is 2.58 bits per heavy atom. The third kappa shape index (κ3) is 3.13. The van der Waals surface area contributed by atoms with Gasteiger partial charge in [-0.15, -0.1) is 10.2 Å². The first-order chi connectivity index (χ1) is 12.4. The van der Waals surface area contributed by atoms with E-state index in [9.17, 15) is 13.2 Å². The monoisotopic (exact) mass is 396 g/mol. The third-order valence-corrected chi connectivity index (χ3v) is 7.12. The molecule has 9 nitrogen and oxygen atoms in total. The normalized spacial score (nSPS) is 16.8. The van der Waals surface area contributed by atoms with Crippen LogP contribution in [0.3, 0.4) is 0 Å². The molecule has 0 saturated heterocycles. The zero-order valence-electron chi connectivity index (χ0n) is 13.9. The highest BCUT2D eigenvalue weighted by Crippen LogP contribution is 2.36. The first-order valence-electron chi connectivity index (χ1n) is 7.96. The third-order valence-electron chi connectivity index (χ3n) is 4.09. The van der Waals surface area contributed by atoms with E-state index in [1.165, 1.54) is 11.2 Å². The van der Waals surface area contributed by atoms with Crippen LogP contribution < -0.4 is 14.8 Å². The zero-order chi connectivity index (χ0) is 18.3. The quantitative estimate of drug-likeness (QED) is 0.771. The summed E-state index contributed by atoms with van der Waals surface area (Å²) in [4.78, 5) is 11.1. The Morgan fingerprint density at radius 2 is 1.88 bits per heavy atom. The molecule has 1 aromatic heterocycles. The Bertz CT molecular complexity index is 972. The molecule has 0 aliphatic carbocycles. The lowest BCUT2D eigenvalue weighted by Gasteiger charge is -2.29. The van der Waals surface area contributed by atoms with E-state index < -0.39 is 10.0 Å². The Balaban J connectivity index is 1.59. The molecule has 138 valence electrons. The van der Waals surface area contributed by atoms with Gasteiger partial charge in [-0.25, -0.2) is 8.42 Å². The number of benzene rings is 1. The number of nitrogens with zero attached hydrogens (tertiary/aromatic N) is 3. The van der Waals surface area contributed by atoms with Gasteiger partial charge in [0.1, 0.15) is 13.2 Å². The fourth-order valence-electron chi connectivity index (χ4n) is 2.90. The Morgan fingerprint density at radius 1 is 1.19 bits per heavy atom. The van der Waals surface area contributed by atoms with Gasteiger partial charge in [0.2, 0.25) is 15.4 Å². The lowest BCUT2D eigenvalue weighted by Crippen LogP contribution is -2.36. The largest absolute Gasteiger partial charge is 0.486 e. The second-order valence-electron chi connectivity index (χ2n) is 5.91. The van der Waals surface area contributed by atoms with E-state index in [0.717, 1.165) is 22.5 Å². The van der Waals surface area contributed by atoms with Gasteiger partial charge in [-0.05, 0) is 29.7 Å². The van der Waals surface area contributed by atoms with E-state index in [1.54, 1.807) is 0 Å². The molecule has 3 heterocycles. The lowest BCUT2D eigenvalue weighted by atomic mass is 10.00. The molecule has 1 aromatic carbocycles. The molecule has 0 saturated carbocycles. The van der Waals surface area contributed by atoms with E-state index in [2.05, 4.69) is 15.5 Å². The maximum Gasteiger partial charge on any atom is 0.272 e. The smallest absolute Gasteiger partial charge is 0.272 e. The minimum absolute atomic E-state index is 0.137. The number of sulfonamides is 1. The van der Waals surface area contributed by atoms with E-state index in [0.29, 0.717) is 37.7 Å². The molecule has 0 spiro atoms. The van der Waals surface area contributed by atoms with E-state index >= 15 is 0 Å². The first kappa shape index (κ1) is 17.2. The summed E-state index contributed by atoms with van der Waals surface area (Å²) in [7, 11) is -3.79. The summed E-state index contributed by atoms with van der Waals surface area (Å²) in [5, 5.41) is 10.0. The highest BCUT2D eigenvalue weighted by Gasteiger charge is 2.32. The van der Waals surface area contributed by atoms with Crippen LogP contribution in [0.1, 0.15) is 18.1 Å². The average molecular weight is 396 g/mol. The van der Waals surface area contributed by atoms with E-state index in [4.69, 9.17) is 9.47 Å². The van der Waals surface area contributed by atoms with Crippen molar-refractivity contribution in [1.29, 1.82) is 0 Å². The molecular formula is C15H16N4O5S2. The number of nitrogens with one attached hydrogen (secondary N) is 1. The van der Waals surface area contributed by atoms with Gasteiger partial charge in [0.05, 0.1) is 0 Å². The van der Waals surface area contributed by atoms with Gasteiger partial charge in [-0.1, -0.05) is 11.3 Å². The summed E-state index contributed by atoms with van der Waals surface area (Å²) in [5.74, 6) is 1.01. The van der Waals surface area contributed by atoms with Gasteiger partial charge >= 0.3 is 0 Å². The van der Waals surface area contributed by atoms with Gasteiger partial charge in [-0.2, -0.15) is 4.31 Å². The predicted octanol–water partition coefficient (Wildman–Crippen LogP) is 1.01. The minimum atomic E-state index is -3.79. The minimum Gasteiger partial charge on any atom is -0.486 e. The maximum atomic E-state index is 12.9. The number of anilines is 1. The first-order valence-corrected chi connectivity index (χ1v) is 10.2. The fraction of sp³-hybridized carbons (Fsp3) is 0.400. The number of rotatable bonds is 3. The molecule has 1 N–H and O–H groups in total. The number of ether oxygens (including phenoxy) is 2. The number of carbonyl (C=O) groups is 1. The maximum absolute atomic E-state index is 12.9. The van der Waals surface area contributed by atoms with Crippen LogP contribution in [0, 0.1) is 0 Å². The highest BCUT2D eigenvalue weighted by molar-refractivity contribution is 7.91.